The number of halogens is 1. The maximum Gasteiger partial charge on any atom is 0.246 e. The number of benzene rings is 1. The summed E-state index contributed by atoms with van der Waals surface area (Å²) in [5.41, 5.74) is 0. The maximum absolute atomic E-state index is 12.8. The summed E-state index contributed by atoms with van der Waals surface area (Å²) in [6.45, 7) is 2.72. The summed E-state index contributed by atoms with van der Waals surface area (Å²) >= 11 is 3.32. The Hall–Kier alpha value is -0.630. The first-order valence-corrected chi connectivity index (χ1v) is 8.70. The number of ether oxygens (including phenoxy) is 1. The number of nitrogens with zero attached hydrogens (tertiary/aromatic N) is 2. The molecule has 0 radical (unpaired) electrons. The minimum atomic E-state index is -3.52. The first-order chi connectivity index (χ1) is 9.45. The molecule has 1 heterocycles. The van der Waals surface area contributed by atoms with E-state index in [2.05, 4.69) is 20.8 Å². The topological polar surface area (TPSA) is 49.9 Å². The molecule has 0 atom stereocenters. The van der Waals surface area contributed by atoms with Gasteiger partial charge in [-0.1, -0.05) is 15.9 Å². The average molecular weight is 363 g/mol. The van der Waals surface area contributed by atoms with Gasteiger partial charge in [-0.2, -0.15) is 4.31 Å². The fourth-order valence-corrected chi connectivity index (χ4v) is 4.42. The Labute approximate surface area is 128 Å². The van der Waals surface area contributed by atoms with Gasteiger partial charge in [0, 0.05) is 24.1 Å². The van der Waals surface area contributed by atoms with Crippen LogP contribution in [0.2, 0.25) is 0 Å². The zero-order valence-electron chi connectivity index (χ0n) is 11.7. The fourth-order valence-electron chi connectivity index (χ4n) is 2.25. The van der Waals surface area contributed by atoms with Crippen LogP contribution in [0.25, 0.3) is 0 Å². The monoisotopic (exact) mass is 362 g/mol. The van der Waals surface area contributed by atoms with Crippen LogP contribution in [-0.2, 0) is 10.0 Å². The highest BCUT2D eigenvalue weighted by Crippen LogP contribution is 2.30. The highest BCUT2D eigenvalue weighted by atomic mass is 79.9. The molecule has 0 aliphatic carbocycles. The number of rotatable bonds is 3. The number of methoxy groups -OCH3 is 1. The molecular weight excluding hydrogens is 344 g/mol. The molecule has 1 aliphatic rings. The molecule has 0 N–H and O–H groups in total. The third-order valence-electron chi connectivity index (χ3n) is 3.42. The third kappa shape index (κ3) is 3.33. The predicted octanol–water partition coefficient (Wildman–Crippen LogP) is 1.78. The highest BCUT2D eigenvalue weighted by Gasteiger charge is 2.29. The number of hydrogen-bond donors (Lipinski definition) is 0. The number of likely N-dealkylation sites (N-methyl/N-ethyl adjacent to an activating group) is 1. The van der Waals surface area contributed by atoms with Crippen molar-refractivity contribution in [2.75, 3.05) is 40.3 Å². The zero-order valence-corrected chi connectivity index (χ0v) is 14.1. The van der Waals surface area contributed by atoms with E-state index in [1.54, 1.807) is 22.5 Å². The van der Waals surface area contributed by atoms with E-state index in [4.69, 9.17) is 4.74 Å². The molecule has 0 saturated carbocycles. The first kappa shape index (κ1) is 15.8. The van der Waals surface area contributed by atoms with Crippen LogP contribution < -0.4 is 4.74 Å². The van der Waals surface area contributed by atoms with Gasteiger partial charge in [-0.15, -0.1) is 0 Å². The Bertz CT molecular complexity index is 577. The summed E-state index contributed by atoms with van der Waals surface area (Å²) in [4.78, 5) is 2.37. The van der Waals surface area contributed by atoms with Gasteiger partial charge in [0.15, 0.2) is 0 Å². The fraction of sp³-hybridized carbons (Fsp3) is 0.538. The van der Waals surface area contributed by atoms with Crippen LogP contribution in [0.5, 0.6) is 5.75 Å². The Morgan fingerprint density at radius 3 is 2.65 bits per heavy atom. The molecule has 112 valence electrons. The number of hydrogen-bond acceptors (Lipinski definition) is 4. The van der Waals surface area contributed by atoms with Crippen molar-refractivity contribution in [3.8, 4) is 5.75 Å². The summed E-state index contributed by atoms with van der Waals surface area (Å²) in [6.07, 6.45) is 0.839. The second-order valence-corrected chi connectivity index (χ2v) is 7.68. The van der Waals surface area contributed by atoms with Crippen molar-refractivity contribution < 1.29 is 13.2 Å². The van der Waals surface area contributed by atoms with Gasteiger partial charge in [0.2, 0.25) is 10.0 Å². The molecule has 0 unspecified atom stereocenters. The third-order valence-corrected chi connectivity index (χ3v) is 5.84. The Kier molecular flexibility index (Phi) is 5.06. The van der Waals surface area contributed by atoms with Gasteiger partial charge in [0.1, 0.15) is 10.6 Å². The van der Waals surface area contributed by atoms with Crippen LogP contribution in [-0.4, -0.2) is 58.0 Å². The van der Waals surface area contributed by atoms with Gasteiger partial charge in [-0.05, 0) is 38.2 Å². The summed E-state index contributed by atoms with van der Waals surface area (Å²) in [7, 11) is -0.0281. The minimum absolute atomic E-state index is 0.221. The Morgan fingerprint density at radius 2 is 1.95 bits per heavy atom. The van der Waals surface area contributed by atoms with E-state index in [-0.39, 0.29) is 4.90 Å². The standard InChI is InChI=1S/C13H19BrN2O3S/c1-15-6-3-7-16(9-8-15)20(17,18)13-10-11(14)4-5-12(13)19-2/h4-5,10H,3,6-9H2,1-2H3. The maximum atomic E-state index is 12.8. The van der Waals surface area contributed by atoms with E-state index in [0.717, 1.165) is 24.0 Å². The van der Waals surface area contributed by atoms with Crippen LogP contribution in [0.4, 0.5) is 0 Å². The summed E-state index contributed by atoms with van der Waals surface area (Å²) in [5.74, 6) is 0.380. The average Bonchev–Trinajstić information content (AvgIpc) is 2.64. The van der Waals surface area contributed by atoms with Gasteiger partial charge >= 0.3 is 0 Å². The van der Waals surface area contributed by atoms with E-state index in [9.17, 15) is 8.42 Å². The molecule has 5 nitrogen and oxygen atoms in total. The first-order valence-electron chi connectivity index (χ1n) is 6.47. The molecule has 1 fully saturated rings. The van der Waals surface area contributed by atoms with Crippen molar-refractivity contribution >= 4 is 26.0 Å². The van der Waals surface area contributed by atoms with Crippen LogP contribution >= 0.6 is 15.9 Å². The molecule has 0 bridgehead atoms. The van der Waals surface area contributed by atoms with E-state index < -0.39 is 10.0 Å². The Balaban J connectivity index is 2.36. The lowest BCUT2D eigenvalue weighted by Gasteiger charge is -2.21. The zero-order chi connectivity index (χ0) is 14.8. The molecule has 1 aromatic carbocycles. The lowest BCUT2D eigenvalue weighted by molar-refractivity contribution is 0.346. The van der Waals surface area contributed by atoms with Crippen LogP contribution in [0.3, 0.4) is 0 Å². The van der Waals surface area contributed by atoms with Crippen LogP contribution in [0, 0.1) is 0 Å². The smallest absolute Gasteiger partial charge is 0.246 e. The van der Waals surface area contributed by atoms with Crippen molar-refractivity contribution in [1.29, 1.82) is 0 Å². The Morgan fingerprint density at radius 1 is 1.20 bits per heavy atom. The largest absolute Gasteiger partial charge is 0.495 e. The minimum Gasteiger partial charge on any atom is -0.495 e. The quantitative estimate of drug-likeness (QED) is 0.822. The van der Waals surface area contributed by atoms with E-state index in [0.29, 0.717) is 18.8 Å². The molecule has 0 amide bonds. The predicted molar refractivity (Wildman–Crippen MR) is 81.6 cm³/mol. The molecule has 1 saturated heterocycles. The van der Waals surface area contributed by atoms with Crippen molar-refractivity contribution in [3.63, 3.8) is 0 Å². The second-order valence-electron chi connectivity index (χ2n) is 4.86. The summed E-state index contributed by atoms with van der Waals surface area (Å²) in [5, 5.41) is 0. The van der Waals surface area contributed by atoms with E-state index >= 15 is 0 Å². The molecule has 1 aromatic rings. The van der Waals surface area contributed by atoms with E-state index in [1.807, 2.05) is 7.05 Å². The summed E-state index contributed by atoms with van der Waals surface area (Å²) < 4.78 is 33.0. The van der Waals surface area contributed by atoms with Gasteiger partial charge in [0.25, 0.3) is 0 Å². The second kappa shape index (κ2) is 6.43. The van der Waals surface area contributed by atoms with Gasteiger partial charge in [-0.25, -0.2) is 8.42 Å². The molecule has 1 aliphatic heterocycles. The lowest BCUT2D eigenvalue weighted by atomic mass is 10.3. The van der Waals surface area contributed by atoms with Crippen LogP contribution in [0.1, 0.15) is 6.42 Å². The SMILES string of the molecule is COc1ccc(Br)cc1S(=O)(=O)N1CCCN(C)CC1. The molecule has 2 rings (SSSR count). The van der Waals surface area contributed by atoms with Crippen molar-refractivity contribution in [2.24, 2.45) is 0 Å². The molecule has 0 aromatic heterocycles. The van der Waals surface area contributed by atoms with Gasteiger partial charge < -0.3 is 9.64 Å². The molecule has 7 heteroatoms. The molecule has 20 heavy (non-hydrogen) atoms. The molecular formula is C13H19BrN2O3S. The van der Waals surface area contributed by atoms with Crippen molar-refractivity contribution in [2.45, 2.75) is 11.3 Å². The van der Waals surface area contributed by atoms with Crippen LogP contribution in [0.15, 0.2) is 27.6 Å². The molecule has 0 spiro atoms. The lowest BCUT2D eigenvalue weighted by Crippen LogP contribution is -2.34. The normalized spacial score (nSPS) is 18.8. The summed E-state index contributed by atoms with van der Waals surface area (Å²) in [6, 6.07) is 5.04. The van der Waals surface area contributed by atoms with Crippen molar-refractivity contribution in [1.82, 2.24) is 9.21 Å². The van der Waals surface area contributed by atoms with Gasteiger partial charge in [0.05, 0.1) is 7.11 Å². The van der Waals surface area contributed by atoms with Gasteiger partial charge in [-0.3, -0.25) is 0 Å². The van der Waals surface area contributed by atoms with Crippen molar-refractivity contribution in [3.05, 3.63) is 22.7 Å². The highest BCUT2D eigenvalue weighted by molar-refractivity contribution is 9.10. The number of sulfonamides is 1. The van der Waals surface area contributed by atoms with E-state index in [1.165, 1.54) is 7.11 Å².